The number of ether oxygens (including phenoxy) is 1. The minimum absolute atomic E-state index is 0.0940. The van der Waals surface area contributed by atoms with Crippen LogP contribution in [0.4, 0.5) is 0 Å². The van der Waals surface area contributed by atoms with Gasteiger partial charge in [0.1, 0.15) is 0 Å². The molecule has 11 heavy (non-hydrogen) atoms. The molecule has 0 saturated carbocycles. The molecule has 2 nitrogen and oxygen atoms in total. The first-order chi connectivity index (χ1) is 7.84. The zero-order valence-corrected chi connectivity index (χ0v) is 6.81. The van der Waals surface area contributed by atoms with E-state index in [2.05, 4.69) is 4.74 Å². The quantitative estimate of drug-likeness (QED) is 0.597. The Bertz CT molecular complexity index is 278. The summed E-state index contributed by atoms with van der Waals surface area (Å²) in [5.74, 6) is -4.54. The van der Waals surface area contributed by atoms with E-state index in [1.54, 1.807) is 0 Å². The number of hydrogen-bond donors (Lipinski definition) is 0. The van der Waals surface area contributed by atoms with Crippen LogP contribution in [-0.2, 0) is 9.53 Å². The summed E-state index contributed by atoms with van der Waals surface area (Å²) >= 11 is 0. The molecule has 0 spiro atoms. The first kappa shape index (κ1) is 3.46. The minimum Gasteiger partial charge on any atom is -0.465 e. The van der Waals surface area contributed by atoms with Gasteiger partial charge in [0.2, 0.25) is 0 Å². The van der Waals surface area contributed by atoms with E-state index in [0.717, 1.165) is 0 Å². The average molecular weight is 165 g/mol. The lowest BCUT2D eigenvalue weighted by molar-refractivity contribution is -0.147. The van der Waals surface area contributed by atoms with Crippen LogP contribution in [0.2, 0.25) is 0 Å². The maximum atomic E-state index is 11.6. The van der Waals surface area contributed by atoms with Gasteiger partial charge in [-0.25, -0.2) is 0 Å². The molecule has 0 aliphatic rings. The summed E-state index contributed by atoms with van der Waals surface area (Å²) < 4.78 is 54.6. The highest BCUT2D eigenvalue weighted by Gasteiger charge is 2.07. The lowest BCUT2D eigenvalue weighted by Crippen LogP contribution is -2.13. The van der Waals surface area contributed by atoms with E-state index >= 15 is 0 Å². The Kier molecular flexibility index (Phi) is 1.63. The van der Waals surface area contributed by atoms with Gasteiger partial charge in [-0.05, 0) is 12.3 Å². The molecule has 0 aliphatic heterocycles. The smallest absolute Gasteiger partial charge is 0.308 e. The van der Waals surface area contributed by atoms with Gasteiger partial charge in [-0.2, -0.15) is 0 Å². The Morgan fingerprint density at radius 2 is 2.27 bits per heavy atom. The van der Waals surface area contributed by atoms with Gasteiger partial charge in [0.25, 0.3) is 0 Å². The number of hydrogen-bond acceptors (Lipinski definition) is 2. The van der Waals surface area contributed by atoms with E-state index in [9.17, 15) is 4.79 Å². The van der Waals surface area contributed by atoms with E-state index < -0.39 is 25.6 Å². The molecule has 0 aromatic carbocycles. The van der Waals surface area contributed by atoms with Crippen LogP contribution in [-0.4, -0.2) is 12.6 Å². The van der Waals surface area contributed by atoms with Gasteiger partial charge in [0, 0.05) is 9.60 Å². The molecule has 0 aliphatic carbocycles. The molecule has 0 N–H and O–H groups in total. The van der Waals surface area contributed by atoms with E-state index in [1.807, 2.05) is 13.8 Å². The summed E-state index contributed by atoms with van der Waals surface area (Å²) in [6, 6.07) is 0. The number of rotatable bonds is 4. The van der Waals surface area contributed by atoms with Crippen molar-refractivity contribution in [1.82, 2.24) is 0 Å². The molecule has 0 heterocycles. The molecule has 0 radical (unpaired) electrons. The lowest BCUT2D eigenvalue weighted by Gasteiger charge is -2.07. The SMILES string of the molecule is [2H]C([2H])([2H])C([2H])(C(=O)OCCC(C)C)C([2H])([2H])[2H]. The molecular formula is C9H18O2. The van der Waals surface area contributed by atoms with Crippen molar-refractivity contribution >= 4 is 5.97 Å². The Labute approximate surface area is 78.8 Å². The van der Waals surface area contributed by atoms with Gasteiger partial charge in [-0.15, -0.1) is 0 Å². The number of carbonyl (C=O) groups excluding carboxylic acids is 1. The fourth-order valence-electron chi connectivity index (χ4n) is 0.459. The van der Waals surface area contributed by atoms with Crippen molar-refractivity contribution in [2.45, 2.75) is 34.0 Å². The largest absolute Gasteiger partial charge is 0.465 e. The third-order valence-corrected chi connectivity index (χ3v) is 1.13. The van der Waals surface area contributed by atoms with Gasteiger partial charge in [0.05, 0.1) is 12.5 Å². The summed E-state index contributed by atoms with van der Waals surface area (Å²) in [5.41, 5.74) is 0. The number of carbonyl (C=O) groups is 1. The molecule has 0 amide bonds. The van der Waals surface area contributed by atoms with Crippen LogP contribution in [0.1, 0.15) is 43.6 Å². The van der Waals surface area contributed by atoms with E-state index in [0.29, 0.717) is 6.42 Å². The van der Waals surface area contributed by atoms with Gasteiger partial charge in [0.15, 0.2) is 0 Å². The highest BCUT2D eigenvalue weighted by atomic mass is 16.5. The zero-order chi connectivity index (χ0) is 14.8. The van der Waals surface area contributed by atoms with Gasteiger partial charge in [-0.1, -0.05) is 27.6 Å². The topological polar surface area (TPSA) is 26.3 Å². The minimum atomic E-state index is -3.27. The van der Waals surface area contributed by atoms with Crippen molar-refractivity contribution in [3.05, 3.63) is 0 Å². The molecular weight excluding hydrogens is 140 g/mol. The van der Waals surface area contributed by atoms with Crippen LogP contribution >= 0.6 is 0 Å². The van der Waals surface area contributed by atoms with Gasteiger partial charge in [-0.3, -0.25) is 4.79 Å². The average Bonchev–Trinajstić information content (AvgIpc) is 2.11. The lowest BCUT2D eigenvalue weighted by atomic mass is 10.1. The van der Waals surface area contributed by atoms with Crippen LogP contribution in [0.25, 0.3) is 0 Å². The summed E-state index contributed by atoms with van der Waals surface area (Å²) in [6.45, 7) is -2.89. The van der Waals surface area contributed by atoms with Crippen LogP contribution in [0.15, 0.2) is 0 Å². The third-order valence-electron chi connectivity index (χ3n) is 1.13. The molecule has 0 saturated heterocycles. The molecule has 0 unspecified atom stereocenters. The zero-order valence-electron chi connectivity index (χ0n) is 13.8. The molecule has 0 fully saturated rings. The van der Waals surface area contributed by atoms with Crippen molar-refractivity contribution < 1.29 is 19.1 Å². The predicted octanol–water partition coefficient (Wildman–Crippen LogP) is 2.23. The van der Waals surface area contributed by atoms with Crippen LogP contribution in [0.3, 0.4) is 0 Å². The fourth-order valence-corrected chi connectivity index (χ4v) is 0.459. The molecule has 0 aromatic rings. The maximum absolute atomic E-state index is 11.6. The summed E-state index contributed by atoms with van der Waals surface area (Å²) in [6.07, 6.45) is 0.476. The molecule has 2 heteroatoms. The van der Waals surface area contributed by atoms with Crippen molar-refractivity contribution in [2.24, 2.45) is 11.8 Å². The highest BCUT2D eigenvalue weighted by molar-refractivity contribution is 5.71. The van der Waals surface area contributed by atoms with E-state index in [1.165, 1.54) is 0 Å². The predicted molar refractivity (Wildman–Crippen MR) is 45.3 cm³/mol. The van der Waals surface area contributed by atoms with Crippen LogP contribution in [0.5, 0.6) is 0 Å². The van der Waals surface area contributed by atoms with Gasteiger partial charge < -0.3 is 4.74 Å². The monoisotopic (exact) mass is 165 g/mol. The first-order valence-corrected chi connectivity index (χ1v) is 3.51. The first-order valence-electron chi connectivity index (χ1n) is 7.01. The van der Waals surface area contributed by atoms with E-state index in [-0.39, 0.29) is 12.5 Å². The summed E-state index contributed by atoms with van der Waals surface area (Å²) in [5, 5.41) is 0. The maximum Gasteiger partial charge on any atom is 0.308 e. The molecule has 0 atom stereocenters. The third kappa shape index (κ3) is 5.89. The second-order valence-electron chi connectivity index (χ2n) is 2.69. The summed E-state index contributed by atoms with van der Waals surface area (Å²) in [7, 11) is 0. The number of esters is 1. The van der Waals surface area contributed by atoms with Gasteiger partial charge >= 0.3 is 5.97 Å². The fraction of sp³-hybridized carbons (Fsp3) is 0.889. The highest BCUT2D eigenvalue weighted by Crippen LogP contribution is 2.01. The Balaban J connectivity index is 4.97. The van der Waals surface area contributed by atoms with Crippen molar-refractivity contribution in [1.29, 1.82) is 0 Å². The van der Waals surface area contributed by atoms with Crippen LogP contribution in [0, 0.1) is 11.8 Å². The summed E-state index contributed by atoms with van der Waals surface area (Å²) in [4.78, 5) is 11.6. The van der Waals surface area contributed by atoms with Crippen molar-refractivity contribution in [3.63, 3.8) is 0 Å². The second kappa shape index (κ2) is 5.16. The Hall–Kier alpha value is -0.530. The van der Waals surface area contributed by atoms with Crippen molar-refractivity contribution in [2.75, 3.05) is 6.61 Å². The molecule has 66 valence electrons. The molecule has 0 bridgehead atoms. The van der Waals surface area contributed by atoms with E-state index in [4.69, 9.17) is 9.60 Å². The Morgan fingerprint density at radius 3 is 2.73 bits per heavy atom. The van der Waals surface area contributed by atoms with Crippen molar-refractivity contribution in [3.8, 4) is 0 Å². The molecule has 0 rings (SSSR count). The standard InChI is InChI=1S/C9H18O2/c1-7(2)5-6-11-9(10)8(3)4/h7-8H,5-6H2,1-4H3/i3D3,4D3,8D. The molecule has 0 aromatic heterocycles. The second-order valence-corrected chi connectivity index (χ2v) is 2.69. The van der Waals surface area contributed by atoms with Crippen LogP contribution < -0.4 is 0 Å². The normalized spacial score (nSPS) is 23.4. The Morgan fingerprint density at radius 1 is 1.64 bits per heavy atom.